The van der Waals surface area contributed by atoms with Gasteiger partial charge < -0.3 is 10.6 Å². The van der Waals surface area contributed by atoms with E-state index in [1.165, 1.54) is 22.4 Å². The van der Waals surface area contributed by atoms with Crippen LogP contribution in [0.15, 0.2) is 36.7 Å². The van der Waals surface area contributed by atoms with Crippen molar-refractivity contribution in [2.45, 2.75) is 19.9 Å². The number of aromatic nitrogens is 1. The first-order chi connectivity index (χ1) is 8.72. The Morgan fingerprint density at radius 2 is 2.17 bits per heavy atom. The maximum atomic E-state index is 5.82. The molecule has 1 aliphatic rings. The summed E-state index contributed by atoms with van der Waals surface area (Å²) < 4.78 is 0. The van der Waals surface area contributed by atoms with Crippen molar-refractivity contribution >= 4 is 11.4 Å². The van der Waals surface area contributed by atoms with Crippen molar-refractivity contribution in [2.24, 2.45) is 0 Å². The smallest absolute Gasteiger partial charge is 0.0445 e. The van der Waals surface area contributed by atoms with Gasteiger partial charge in [0, 0.05) is 36.9 Å². The zero-order valence-corrected chi connectivity index (χ0v) is 10.6. The molecule has 1 aliphatic heterocycles. The van der Waals surface area contributed by atoms with Gasteiger partial charge in [0.05, 0.1) is 0 Å². The minimum absolute atomic E-state index is 0.854. The molecule has 0 fully saturated rings. The fourth-order valence-corrected chi connectivity index (χ4v) is 2.58. The van der Waals surface area contributed by atoms with Crippen molar-refractivity contribution in [3.63, 3.8) is 0 Å². The van der Waals surface area contributed by atoms with Crippen LogP contribution < -0.4 is 10.6 Å². The molecular formula is C15H17N3. The van der Waals surface area contributed by atoms with Gasteiger partial charge in [-0.15, -0.1) is 0 Å². The standard InChI is InChI=1S/C15H17N3/c1-11-6-12(9-17-8-11)10-18-5-4-13-7-14(16)2-3-15(13)18/h2-3,6-9H,4-5,10,16H2,1H3. The van der Waals surface area contributed by atoms with Gasteiger partial charge in [-0.05, 0) is 48.2 Å². The Hall–Kier alpha value is -2.03. The maximum Gasteiger partial charge on any atom is 0.0445 e. The lowest BCUT2D eigenvalue weighted by Gasteiger charge is -2.19. The normalized spacial score (nSPS) is 13.7. The van der Waals surface area contributed by atoms with E-state index in [0.29, 0.717) is 0 Å². The molecule has 0 bridgehead atoms. The van der Waals surface area contributed by atoms with E-state index in [1.807, 2.05) is 18.5 Å². The molecule has 0 spiro atoms. The number of pyridine rings is 1. The molecule has 0 saturated heterocycles. The van der Waals surface area contributed by atoms with E-state index in [4.69, 9.17) is 5.73 Å². The Bertz CT molecular complexity index is 578. The SMILES string of the molecule is Cc1cncc(CN2CCc3cc(N)ccc32)c1. The zero-order valence-electron chi connectivity index (χ0n) is 10.6. The number of hydrogen-bond donors (Lipinski definition) is 1. The molecule has 2 N–H and O–H groups in total. The maximum absolute atomic E-state index is 5.82. The molecular weight excluding hydrogens is 222 g/mol. The highest BCUT2D eigenvalue weighted by Crippen LogP contribution is 2.30. The molecule has 3 heteroatoms. The van der Waals surface area contributed by atoms with E-state index in [0.717, 1.165) is 25.2 Å². The summed E-state index contributed by atoms with van der Waals surface area (Å²) in [5.74, 6) is 0. The van der Waals surface area contributed by atoms with Crippen LogP contribution in [-0.2, 0) is 13.0 Å². The van der Waals surface area contributed by atoms with Gasteiger partial charge in [-0.25, -0.2) is 0 Å². The first-order valence-electron chi connectivity index (χ1n) is 6.26. The first-order valence-corrected chi connectivity index (χ1v) is 6.26. The lowest BCUT2D eigenvalue weighted by Crippen LogP contribution is -2.19. The minimum Gasteiger partial charge on any atom is -0.399 e. The minimum atomic E-state index is 0.854. The fourth-order valence-electron chi connectivity index (χ4n) is 2.58. The van der Waals surface area contributed by atoms with E-state index in [-0.39, 0.29) is 0 Å². The highest BCUT2D eigenvalue weighted by molar-refractivity contribution is 5.63. The van der Waals surface area contributed by atoms with Crippen LogP contribution in [0.1, 0.15) is 16.7 Å². The average molecular weight is 239 g/mol. The van der Waals surface area contributed by atoms with Crippen LogP contribution in [0.4, 0.5) is 11.4 Å². The van der Waals surface area contributed by atoms with Gasteiger partial charge in [0.1, 0.15) is 0 Å². The topological polar surface area (TPSA) is 42.2 Å². The monoisotopic (exact) mass is 239 g/mol. The summed E-state index contributed by atoms with van der Waals surface area (Å²) in [6, 6.07) is 8.39. The van der Waals surface area contributed by atoms with Crippen molar-refractivity contribution in [3.8, 4) is 0 Å². The Balaban J connectivity index is 1.85. The summed E-state index contributed by atoms with van der Waals surface area (Å²) in [4.78, 5) is 6.64. The van der Waals surface area contributed by atoms with Crippen molar-refractivity contribution < 1.29 is 0 Å². The molecule has 1 aromatic carbocycles. The van der Waals surface area contributed by atoms with Gasteiger partial charge in [-0.2, -0.15) is 0 Å². The summed E-state index contributed by atoms with van der Waals surface area (Å²) in [5, 5.41) is 0. The van der Waals surface area contributed by atoms with Gasteiger partial charge in [0.25, 0.3) is 0 Å². The highest BCUT2D eigenvalue weighted by atomic mass is 15.1. The van der Waals surface area contributed by atoms with Gasteiger partial charge in [-0.3, -0.25) is 4.98 Å². The molecule has 3 nitrogen and oxygen atoms in total. The van der Waals surface area contributed by atoms with E-state index in [1.54, 1.807) is 0 Å². The van der Waals surface area contributed by atoms with Crippen LogP contribution in [0.5, 0.6) is 0 Å². The molecule has 0 amide bonds. The summed E-state index contributed by atoms with van der Waals surface area (Å²) in [7, 11) is 0. The Labute approximate surface area is 107 Å². The van der Waals surface area contributed by atoms with Crippen LogP contribution in [0.25, 0.3) is 0 Å². The predicted molar refractivity (Wildman–Crippen MR) is 74.6 cm³/mol. The lowest BCUT2D eigenvalue weighted by molar-refractivity contribution is 0.831. The molecule has 0 aliphatic carbocycles. The third-order valence-corrected chi connectivity index (χ3v) is 3.40. The Kier molecular flexibility index (Phi) is 2.67. The van der Waals surface area contributed by atoms with E-state index >= 15 is 0 Å². The van der Waals surface area contributed by atoms with E-state index in [9.17, 15) is 0 Å². The fraction of sp³-hybridized carbons (Fsp3) is 0.267. The summed E-state index contributed by atoms with van der Waals surface area (Å²) in [6.07, 6.45) is 4.92. The number of benzene rings is 1. The number of nitrogen functional groups attached to an aromatic ring is 1. The molecule has 0 atom stereocenters. The third-order valence-electron chi connectivity index (χ3n) is 3.40. The van der Waals surface area contributed by atoms with Crippen LogP contribution in [0, 0.1) is 6.92 Å². The van der Waals surface area contributed by atoms with E-state index in [2.05, 4.69) is 35.0 Å². The Morgan fingerprint density at radius 3 is 3.00 bits per heavy atom. The van der Waals surface area contributed by atoms with Crippen LogP contribution >= 0.6 is 0 Å². The van der Waals surface area contributed by atoms with Crippen molar-refractivity contribution in [3.05, 3.63) is 53.3 Å². The third kappa shape index (κ3) is 2.04. The van der Waals surface area contributed by atoms with Crippen molar-refractivity contribution in [1.29, 1.82) is 0 Å². The number of nitrogens with zero attached hydrogens (tertiary/aromatic N) is 2. The second-order valence-corrected chi connectivity index (χ2v) is 4.93. The largest absolute Gasteiger partial charge is 0.399 e. The second kappa shape index (κ2) is 4.33. The number of hydrogen-bond acceptors (Lipinski definition) is 3. The second-order valence-electron chi connectivity index (χ2n) is 4.93. The molecule has 1 aromatic heterocycles. The summed E-state index contributed by atoms with van der Waals surface area (Å²) in [6.45, 7) is 4.06. The molecule has 2 heterocycles. The molecule has 18 heavy (non-hydrogen) atoms. The van der Waals surface area contributed by atoms with Gasteiger partial charge in [-0.1, -0.05) is 6.07 Å². The van der Waals surface area contributed by atoms with Crippen molar-refractivity contribution in [1.82, 2.24) is 4.98 Å². The lowest BCUT2D eigenvalue weighted by atomic mass is 10.1. The summed E-state index contributed by atoms with van der Waals surface area (Å²) in [5.41, 5.74) is 11.8. The van der Waals surface area contributed by atoms with Crippen LogP contribution in [0.3, 0.4) is 0 Å². The number of aryl methyl sites for hydroxylation is 1. The zero-order chi connectivity index (χ0) is 12.5. The first kappa shape index (κ1) is 11.1. The summed E-state index contributed by atoms with van der Waals surface area (Å²) >= 11 is 0. The van der Waals surface area contributed by atoms with Gasteiger partial charge in [0.2, 0.25) is 0 Å². The Morgan fingerprint density at radius 1 is 1.28 bits per heavy atom. The van der Waals surface area contributed by atoms with Gasteiger partial charge in [0.15, 0.2) is 0 Å². The van der Waals surface area contributed by atoms with Crippen LogP contribution in [-0.4, -0.2) is 11.5 Å². The molecule has 2 aromatic rings. The molecule has 0 radical (unpaired) electrons. The molecule has 3 rings (SSSR count). The number of anilines is 2. The van der Waals surface area contributed by atoms with Crippen molar-refractivity contribution in [2.75, 3.05) is 17.2 Å². The number of nitrogens with two attached hydrogens (primary N) is 1. The quantitative estimate of drug-likeness (QED) is 0.819. The highest BCUT2D eigenvalue weighted by Gasteiger charge is 2.19. The van der Waals surface area contributed by atoms with Gasteiger partial charge >= 0.3 is 0 Å². The molecule has 0 unspecified atom stereocenters. The van der Waals surface area contributed by atoms with E-state index < -0.39 is 0 Å². The molecule has 0 saturated carbocycles. The average Bonchev–Trinajstić information content (AvgIpc) is 2.72. The number of rotatable bonds is 2. The molecule has 92 valence electrons. The predicted octanol–water partition coefficient (Wildman–Crippen LogP) is 2.53. The number of fused-ring (bicyclic) bond motifs is 1. The van der Waals surface area contributed by atoms with Crippen LogP contribution in [0.2, 0.25) is 0 Å².